The summed E-state index contributed by atoms with van der Waals surface area (Å²) < 4.78 is 5.87. The van der Waals surface area contributed by atoms with Gasteiger partial charge in [0.05, 0.1) is 6.10 Å². The van der Waals surface area contributed by atoms with E-state index in [0.29, 0.717) is 16.9 Å². The van der Waals surface area contributed by atoms with E-state index in [1.165, 1.54) is 38.5 Å². The molecule has 1 saturated heterocycles. The molecule has 2 N–H and O–H groups in total. The predicted molar refractivity (Wildman–Crippen MR) is 62.7 cm³/mol. The third-order valence-corrected chi connectivity index (χ3v) is 4.62. The Kier molecular flexibility index (Phi) is 3.09. The van der Waals surface area contributed by atoms with Crippen molar-refractivity contribution >= 4 is 0 Å². The van der Waals surface area contributed by atoms with E-state index in [2.05, 4.69) is 13.8 Å². The molecule has 2 fully saturated rings. The van der Waals surface area contributed by atoms with E-state index < -0.39 is 0 Å². The maximum Gasteiger partial charge on any atom is 0.0644 e. The van der Waals surface area contributed by atoms with E-state index in [1.807, 2.05) is 0 Å². The van der Waals surface area contributed by atoms with Gasteiger partial charge in [-0.3, -0.25) is 0 Å². The summed E-state index contributed by atoms with van der Waals surface area (Å²) >= 11 is 0. The summed E-state index contributed by atoms with van der Waals surface area (Å²) in [6.45, 7) is 6.52. The molecule has 1 aliphatic carbocycles. The normalized spacial score (nSPS) is 34.2. The van der Waals surface area contributed by atoms with Crippen molar-refractivity contribution in [3.8, 4) is 0 Å². The number of hydrogen-bond acceptors (Lipinski definition) is 2. The minimum absolute atomic E-state index is 0.312. The lowest BCUT2D eigenvalue weighted by Gasteiger charge is -2.46. The van der Waals surface area contributed by atoms with Crippen molar-refractivity contribution in [3.63, 3.8) is 0 Å². The average molecular weight is 211 g/mol. The summed E-state index contributed by atoms with van der Waals surface area (Å²) in [7, 11) is 0. The molecule has 2 nitrogen and oxygen atoms in total. The van der Waals surface area contributed by atoms with Gasteiger partial charge in [-0.15, -0.1) is 0 Å². The van der Waals surface area contributed by atoms with Crippen LogP contribution in [0.15, 0.2) is 0 Å². The van der Waals surface area contributed by atoms with Gasteiger partial charge in [0.15, 0.2) is 0 Å². The molecule has 1 unspecified atom stereocenters. The highest BCUT2D eigenvalue weighted by Crippen LogP contribution is 2.48. The van der Waals surface area contributed by atoms with Gasteiger partial charge in [0.2, 0.25) is 0 Å². The van der Waals surface area contributed by atoms with Gasteiger partial charge in [-0.1, -0.05) is 13.8 Å². The Bertz CT molecular complexity index is 209. The number of hydrogen-bond donors (Lipinski definition) is 1. The van der Waals surface area contributed by atoms with Crippen LogP contribution in [0.25, 0.3) is 0 Å². The first-order chi connectivity index (χ1) is 7.08. The van der Waals surface area contributed by atoms with Crippen molar-refractivity contribution in [1.82, 2.24) is 0 Å². The zero-order valence-corrected chi connectivity index (χ0v) is 10.2. The van der Waals surface area contributed by atoms with Gasteiger partial charge in [0.1, 0.15) is 0 Å². The average Bonchev–Trinajstić information content (AvgIpc) is 2.72. The van der Waals surface area contributed by atoms with Crippen LogP contribution >= 0.6 is 0 Å². The predicted octanol–water partition coefficient (Wildman–Crippen LogP) is 2.71. The van der Waals surface area contributed by atoms with Crippen molar-refractivity contribution in [2.75, 3.05) is 13.2 Å². The van der Waals surface area contributed by atoms with E-state index in [1.54, 1.807) is 0 Å². The van der Waals surface area contributed by atoms with Gasteiger partial charge >= 0.3 is 0 Å². The van der Waals surface area contributed by atoms with Crippen LogP contribution in [0.2, 0.25) is 0 Å². The maximum atomic E-state index is 6.03. The van der Waals surface area contributed by atoms with Crippen molar-refractivity contribution in [1.29, 1.82) is 0 Å². The fourth-order valence-electron chi connectivity index (χ4n) is 3.14. The second-order valence-electron chi connectivity index (χ2n) is 6.23. The summed E-state index contributed by atoms with van der Waals surface area (Å²) in [6.07, 6.45) is 8.07. The van der Waals surface area contributed by atoms with Crippen LogP contribution in [0.5, 0.6) is 0 Å². The van der Waals surface area contributed by atoms with E-state index in [-0.39, 0.29) is 0 Å². The first-order valence-electron chi connectivity index (χ1n) is 6.40. The van der Waals surface area contributed by atoms with Crippen molar-refractivity contribution < 1.29 is 4.74 Å². The largest absolute Gasteiger partial charge is 0.378 e. The molecule has 2 heteroatoms. The Morgan fingerprint density at radius 3 is 2.33 bits per heavy atom. The van der Waals surface area contributed by atoms with Crippen LogP contribution in [0.4, 0.5) is 0 Å². The lowest BCUT2D eigenvalue weighted by Crippen LogP contribution is -2.45. The molecule has 1 saturated carbocycles. The van der Waals surface area contributed by atoms with Gasteiger partial charge in [-0.25, -0.2) is 0 Å². The number of nitrogens with two attached hydrogens (primary N) is 1. The highest BCUT2D eigenvalue weighted by Gasteiger charge is 2.44. The molecule has 0 aromatic heterocycles. The second kappa shape index (κ2) is 4.06. The molecule has 1 aliphatic heterocycles. The highest BCUT2D eigenvalue weighted by molar-refractivity contribution is 4.96. The van der Waals surface area contributed by atoms with E-state index >= 15 is 0 Å². The lowest BCUT2D eigenvalue weighted by molar-refractivity contribution is -0.0373. The van der Waals surface area contributed by atoms with Crippen LogP contribution in [0.1, 0.15) is 52.4 Å². The summed E-state index contributed by atoms with van der Waals surface area (Å²) in [5.41, 5.74) is 6.86. The second-order valence-corrected chi connectivity index (χ2v) is 6.23. The van der Waals surface area contributed by atoms with Crippen LogP contribution in [-0.2, 0) is 4.74 Å². The fourth-order valence-corrected chi connectivity index (χ4v) is 3.14. The Hall–Kier alpha value is -0.0800. The first-order valence-corrected chi connectivity index (χ1v) is 6.40. The molecule has 0 radical (unpaired) electrons. The van der Waals surface area contributed by atoms with Crippen molar-refractivity contribution in [2.45, 2.75) is 58.5 Å². The summed E-state index contributed by atoms with van der Waals surface area (Å²) in [5, 5.41) is 0. The molecule has 1 heterocycles. The van der Waals surface area contributed by atoms with Crippen LogP contribution in [-0.4, -0.2) is 19.3 Å². The van der Waals surface area contributed by atoms with Crippen LogP contribution < -0.4 is 5.73 Å². The SMILES string of the molecule is CC1(C)CCC(CN)(C2CCCO2)CC1. The standard InChI is InChI=1S/C13H25NO/c1-12(2)5-7-13(10-14,8-6-12)11-4-3-9-15-11/h11H,3-10,14H2,1-2H3. The van der Waals surface area contributed by atoms with Gasteiger partial charge < -0.3 is 10.5 Å². The van der Waals surface area contributed by atoms with Gasteiger partial charge in [0.25, 0.3) is 0 Å². The minimum atomic E-state index is 0.312. The van der Waals surface area contributed by atoms with E-state index in [4.69, 9.17) is 10.5 Å². The molecule has 0 aromatic carbocycles. The fraction of sp³-hybridized carbons (Fsp3) is 1.00. The summed E-state index contributed by atoms with van der Waals surface area (Å²) in [4.78, 5) is 0. The molecule has 0 aromatic rings. The zero-order chi connectivity index (χ0) is 10.9. The molecule has 88 valence electrons. The molecule has 2 aliphatic rings. The van der Waals surface area contributed by atoms with E-state index in [0.717, 1.165) is 13.2 Å². The topological polar surface area (TPSA) is 35.2 Å². The highest BCUT2D eigenvalue weighted by atomic mass is 16.5. The molecule has 0 amide bonds. The molecule has 15 heavy (non-hydrogen) atoms. The Balaban J connectivity index is 2.03. The smallest absolute Gasteiger partial charge is 0.0644 e. The molecule has 2 rings (SSSR count). The van der Waals surface area contributed by atoms with Crippen molar-refractivity contribution in [3.05, 3.63) is 0 Å². The molecular formula is C13H25NO. The molecule has 1 atom stereocenters. The van der Waals surface area contributed by atoms with Gasteiger partial charge in [-0.05, 0) is 43.9 Å². The quantitative estimate of drug-likeness (QED) is 0.762. The Morgan fingerprint density at radius 1 is 1.20 bits per heavy atom. The lowest BCUT2D eigenvalue weighted by atomic mass is 9.62. The van der Waals surface area contributed by atoms with E-state index in [9.17, 15) is 0 Å². The summed E-state index contributed by atoms with van der Waals surface area (Å²) in [6, 6.07) is 0. The van der Waals surface area contributed by atoms with Crippen LogP contribution in [0, 0.1) is 10.8 Å². The molecular weight excluding hydrogens is 186 g/mol. The number of ether oxygens (including phenoxy) is 1. The Morgan fingerprint density at radius 2 is 1.87 bits per heavy atom. The molecule has 0 spiro atoms. The third kappa shape index (κ3) is 2.21. The minimum Gasteiger partial charge on any atom is -0.378 e. The van der Waals surface area contributed by atoms with Crippen molar-refractivity contribution in [2.24, 2.45) is 16.6 Å². The first kappa shape index (κ1) is 11.4. The third-order valence-electron chi connectivity index (χ3n) is 4.62. The van der Waals surface area contributed by atoms with Gasteiger partial charge in [-0.2, -0.15) is 0 Å². The number of rotatable bonds is 2. The van der Waals surface area contributed by atoms with Crippen LogP contribution in [0.3, 0.4) is 0 Å². The zero-order valence-electron chi connectivity index (χ0n) is 10.2. The maximum absolute atomic E-state index is 6.03. The molecule has 0 bridgehead atoms. The Labute approximate surface area is 93.6 Å². The van der Waals surface area contributed by atoms with Gasteiger partial charge in [0, 0.05) is 18.6 Å². The summed E-state index contributed by atoms with van der Waals surface area (Å²) in [5.74, 6) is 0. The monoisotopic (exact) mass is 211 g/mol.